The van der Waals surface area contributed by atoms with Crippen molar-refractivity contribution in [3.05, 3.63) is 75.0 Å². The summed E-state index contributed by atoms with van der Waals surface area (Å²) in [6.07, 6.45) is 2.11. The van der Waals surface area contributed by atoms with Crippen LogP contribution in [0, 0.1) is 6.92 Å². The molecule has 4 nitrogen and oxygen atoms in total. The third-order valence-electron chi connectivity index (χ3n) is 4.83. The molecule has 0 radical (unpaired) electrons. The summed E-state index contributed by atoms with van der Waals surface area (Å²) in [5, 5.41) is 3.30. The summed E-state index contributed by atoms with van der Waals surface area (Å²) in [4.78, 5) is 0. The first-order valence-corrected chi connectivity index (χ1v) is 9.53. The molecule has 2 aromatic carbocycles. The van der Waals surface area contributed by atoms with E-state index in [0.717, 1.165) is 27.9 Å². The van der Waals surface area contributed by atoms with Gasteiger partial charge in [0.25, 0.3) is 0 Å². The van der Waals surface area contributed by atoms with E-state index in [9.17, 15) is 0 Å². The molecule has 3 rings (SSSR count). The number of benzene rings is 2. The molecule has 138 valence electrons. The van der Waals surface area contributed by atoms with Crippen molar-refractivity contribution in [1.82, 2.24) is 5.32 Å². The van der Waals surface area contributed by atoms with Crippen molar-refractivity contribution < 1.29 is 9.47 Å². The van der Waals surface area contributed by atoms with E-state index in [4.69, 9.17) is 15.2 Å². The van der Waals surface area contributed by atoms with Crippen LogP contribution in [0.1, 0.15) is 29.2 Å². The van der Waals surface area contributed by atoms with Crippen molar-refractivity contribution in [3.63, 3.8) is 0 Å². The monoisotopic (exact) mass is 416 g/mol. The molecule has 2 aromatic rings. The van der Waals surface area contributed by atoms with Gasteiger partial charge in [0.1, 0.15) is 5.75 Å². The molecule has 5 heteroatoms. The van der Waals surface area contributed by atoms with Gasteiger partial charge in [-0.15, -0.1) is 0 Å². The third-order valence-corrected chi connectivity index (χ3v) is 5.29. The maximum Gasteiger partial charge on any atom is 0.121 e. The molecule has 0 amide bonds. The second-order valence-corrected chi connectivity index (χ2v) is 7.51. The molecule has 0 aliphatic carbocycles. The molecular weight excluding hydrogens is 392 g/mol. The highest BCUT2D eigenvalue weighted by Crippen LogP contribution is 2.39. The summed E-state index contributed by atoms with van der Waals surface area (Å²) >= 11 is 3.65. The lowest BCUT2D eigenvalue weighted by Gasteiger charge is -2.29. The van der Waals surface area contributed by atoms with E-state index in [1.54, 1.807) is 7.11 Å². The molecule has 1 heterocycles. The van der Waals surface area contributed by atoms with Crippen LogP contribution in [-0.2, 0) is 16.8 Å². The van der Waals surface area contributed by atoms with Crippen molar-refractivity contribution in [3.8, 4) is 5.75 Å². The van der Waals surface area contributed by atoms with E-state index >= 15 is 0 Å². The van der Waals surface area contributed by atoms with Crippen LogP contribution in [0.2, 0.25) is 0 Å². The number of nitrogens with two attached hydrogens (primary N) is 1. The van der Waals surface area contributed by atoms with Crippen LogP contribution in [0.4, 0.5) is 0 Å². The Kier molecular flexibility index (Phi) is 5.58. The minimum absolute atomic E-state index is 0.328. The van der Waals surface area contributed by atoms with E-state index in [0.29, 0.717) is 19.0 Å². The van der Waals surface area contributed by atoms with Crippen LogP contribution in [-0.4, -0.2) is 20.3 Å². The Morgan fingerprint density at radius 2 is 2.00 bits per heavy atom. The van der Waals surface area contributed by atoms with E-state index < -0.39 is 0 Å². The van der Waals surface area contributed by atoms with Crippen LogP contribution < -0.4 is 15.8 Å². The lowest BCUT2D eigenvalue weighted by molar-refractivity contribution is 0.134. The standard InChI is InChI=1S/C21H25BrN2O2/c1-4-26-12-15-8-17(10-18(22)9-15)21(11-20(23)24-13-21)16-5-6-19(25-3)14(2)7-16/h5-11,24H,4,12-13,23H2,1-3H3. The fraction of sp³-hybridized carbons (Fsp3) is 0.333. The number of halogens is 1. The van der Waals surface area contributed by atoms with Crippen LogP contribution in [0.15, 0.2) is 52.8 Å². The third kappa shape index (κ3) is 3.60. The minimum Gasteiger partial charge on any atom is -0.496 e. The fourth-order valence-corrected chi connectivity index (χ4v) is 4.05. The lowest BCUT2D eigenvalue weighted by atomic mass is 9.74. The molecule has 0 saturated heterocycles. The topological polar surface area (TPSA) is 56.5 Å². The molecule has 1 aliphatic heterocycles. The highest BCUT2D eigenvalue weighted by molar-refractivity contribution is 9.10. The van der Waals surface area contributed by atoms with Gasteiger partial charge in [-0.05, 0) is 60.4 Å². The highest BCUT2D eigenvalue weighted by Gasteiger charge is 2.37. The summed E-state index contributed by atoms with van der Waals surface area (Å²) in [5.41, 5.74) is 10.4. The number of ether oxygens (including phenoxy) is 2. The predicted molar refractivity (Wildman–Crippen MR) is 108 cm³/mol. The SMILES string of the molecule is CCOCc1cc(Br)cc(C2(c3ccc(OC)c(C)c3)C=C(N)NC2)c1. The molecule has 0 fully saturated rings. The highest BCUT2D eigenvalue weighted by atomic mass is 79.9. The van der Waals surface area contributed by atoms with Crippen LogP contribution >= 0.6 is 15.9 Å². The first-order chi connectivity index (χ1) is 12.5. The first-order valence-electron chi connectivity index (χ1n) is 8.73. The molecule has 1 aliphatic rings. The number of hydrogen-bond acceptors (Lipinski definition) is 4. The van der Waals surface area contributed by atoms with Crippen molar-refractivity contribution in [2.24, 2.45) is 5.73 Å². The normalized spacial score (nSPS) is 19.2. The lowest BCUT2D eigenvalue weighted by Crippen LogP contribution is -2.31. The average Bonchev–Trinajstić information content (AvgIpc) is 3.02. The fourth-order valence-electron chi connectivity index (χ4n) is 3.51. The Labute approximate surface area is 163 Å². The van der Waals surface area contributed by atoms with Crippen molar-refractivity contribution in [2.75, 3.05) is 20.3 Å². The first kappa shape index (κ1) is 18.8. The van der Waals surface area contributed by atoms with E-state index in [-0.39, 0.29) is 5.41 Å². The Morgan fingerprint density at radius 3 is 2.62 bits per heavy atom. The zero-order valence-corrected chi connectivity index (χ0v) is 17.0. The van der Waals surface area contributed by atoms with Crippen molar-refractivity contribution in [1.29, 1.82) is 0 Å². The molecule has 0 spiro atoms. The molecule has 1 unspecified atom stereocenters. The van der Waals surface area contributed by atoms with Gasteiger partial charge in [0.2, 0.25) is 0 Å². The van der Waals surface area contributed by atoms with Gasteiger partial charge in [-0.2, -0.15) is 0 Å². The van der Waals surface area contributed by atoms with E-state index in [1.165, 1.54) is 11.1 Å². The number of nitrogens with one attached hydrogen (secondary N) is 1. The molecule has 0 bridgehead atoms. The van der Waals surface area contributed by atoms with Gasteiger partial charge < -0.3 is 20.5 Å². The van der Waals surface area contributed by atoms with Gasteiger partial charge in [-0.3, -0.25) is 0 Å². The number of hydrogen-bond donors (Lipinski definition) is 2. The summed E-state index contributed by atoms with van der Waals surface area (Å²) < 4.78 is 12.1. The second-order valence-electron chi connectivity index (χ2n) is 6.59. The summed E-state index contributed by atoms with van der Waals surface area (Å²) in [5.74, 6) is 1.59. The maximum absolute atomic E-state index is 6.12. The van der Waals surface area contributed by atoms with Crippen LogP contribution in [0.5, 0.6) is 5.75 Å². The number of methoxy groups -OCH3 is 1. The summed E-state index contributed by atoms with van der Waals surface area (Å²) in [7, 11) is 1.70. The van der Waals surface area contributed by atoms with E-state index in [2.05, 4.69) is 64.6 Å². The van der Waals surface area contributed by atoms with Gasteiger partial charge in [-0.1, -0.05) is 34.1 Å². The summed E-state index contributed by atoms with van der Waals surface area (Å²) in [6, 6.07) is 12.8. The van der Waals surface area contributed by atoms with Crippen LogP contribution in [0.25, 0.3) is 0 Å². The predicted octanol–water partition coefficient (Wildman–Crippen LogP) is 3.99. The molecule has 3 N–H and O–H groups in total. The van der Waals surface area contributed by atoms with Gasteiger partial charge >= 0.3 is 0 Å². The smallest absolute Gasteiger partial charge is 0.121 e. The Morgan fingerprint density at radius 1 is 1.19 bits per heavy atom. The molecule has 0 saturated carbocycles. The molecule has 1 atom stereocenters. The quantitative estimate of drug-likeness (QED) is 0.747. The molecular formula is C21H25BrN2O2. The molecule has 0 aromatic heterocycles. The second kappa shape index (κ2) is 7.72. The van der Waals surface area contributed by atoms with Gasteiger partial charge in [0, 0.05) is 17.6 Å². The average molecular weight is 417 g/mol. The Bertz CT molecular complexity index is 835. The van der Waals surface area contributed by atoms with Gasteiger partial charge in [-0.25, -0.2) is 0 Å². The van der Waals surface area contributed by atoms with Crippen molar-refractivity contribution in [2.45, 2.75) is 25.9 Å². The van der Waals surface area contributed by atoms with Gasteiger partial charge in [0.05, 0.1) is 25.0 Å². The molecule has 26 heavy (non-hydrogen) atoms. The van der Waals surface area contributed by atoms with Gasteiger partial charge in [0.15, 0.2) is 0 Å². The van der Waals surface area contributed by atoms with Crippen LogP contribution in [0.3, 0.4) is 0 Å². The Balaban J connectivity index is 2.12. The zero-order valence-electron chi connectivity index (χ0n) is 15.4. The number of rotatable bonds is 6. The minimum atomic E-state index is -0.328. The number of aryl methyl sites for hydroxylation is 1. The zero-order chi connectivity index (χ0) is 18.7. The van der Waals surface area contributed by atoms with Crippen molar-refractivity contribution >= 4 is 15.9 Å². The maximum atomic E-state index is 6.12. The summed E-state index contributed by atoms with van der Waals surface area (Å²) in [6.45, 7) is 6.07. The largest absolute Gasteiger partial charge is 0.496 e. The Hall–Kier alpha value is -1.98. The van der Waals surface area contributed by atoms with E-state index in [1.807, 2.05) is 13.0 Å².